The normalized spacial score (nSPS) is 15.9. The third-order valence-electron chi connectivity index (χ3n) is 8.70. The van der Waals surface area contributed by atoms with E-state index in [1.54, 1.807) is 30.2 Å². The fourth-order valence-electron chi connectivity index (χ4n) is 6.27. The summed E-state index contributed by atoms with van der Waals surface area (Å²) in [7, 11) is 1.59. The lowest BCUT2D eigenvalue weighted by Gasteiger charge is -2.31. The number of hydrogen-bond acceptors (Lipinski definition) is 6. The van der Waals surface area contributed by atoms with Gasteiger partial charge in [-0.05, 0) is 61.5 Å². The molecule has 2 atom stereocenters. The van der Waals surface area contributed by atoms with Crippen LogP contribution in [0.2, 0.25) is 0 Å². The van der Waals surface area contributed by atoms with Crippen molar-refractivity contribution >= 4 is 17.5 Å². The third kappa shape index (κ3) is 10.4. The van der Waals surface area contributed by atoms with Gasteiger partial charge in [-0.15, -0.1) is 0 Å². The van der Waals surface area contributed by atoms with Crippen molar-refractivity contribution in [2.75, 3.05) is 38.3 Å². The van der Waals surface area contributed by atoms with Gasteiger partial charge in [-0.25, -0.2) is 4.39 Å². The van der Waals surface area contributed by atoms with Crippen LogP contribution in [0, 0.1) is 11.2 Å². The molecule has 4 aromatic carbocycles. The lowest BCUT2D eigenvalue weighted by molar-refractivity contribution is -0.138. The highest BCUT2D eigenvalue weighted by Gasteiger charge is 2.40. The first-order valence-corrected chi connectivity index (χ1v) is 17.7. The van der Waals surface area contributed by atoms with Crippen molar-refractivity contribution in [2.24, 2.45) is 5.41 Å². The maximum atomic E-state index is 14.3. The Balaban J connectivity index is 1.32. The Morgan fingerprint density at radius 2 is 1.59 bits per heavy atom. The van der Waals surface area contributed by atoms with E-state index in [2.05, 4.69) is 55.7 Å². The van der Waals surface area contributed by atoms with E-state index in [0.717, 1.165) is 37.9 Å². The number of amides is 2. The van der Waals surface area contributed by atoms with Crippen LogP contribution in [-0.4, -0.2) is 51.3 Å². The quantitative estimate of drug-likeness (QED) is 0.119. The summed E-state index contributed by atoms with van der Waals surface area (Å²) in [6, 6.07) is 30.1. The number of anilines is 1. The molecule has 2 N–H and O–H groups in total. The Morgan fingerprint density at radius 3 is 2.35 bits per heavy atom. The molecule has 4 aromatic rings. The second-order valence-corrected chi connectivity index (χ2v) is 14.0. The minimum atomic E-state index is -1.12. The molecule has 1 heterocycles. The van der Waals surface area contributed by atoms with Gasteiger partial charge >= 0.3 is 0 Å². The van der Waals surface area contributed by atoms with Crippen LogP contribution < -0.4 is 25.0 Å². The van der Waals surface area contributed by atoms with Crippen LogP contribution in [-0.2, 0) is 27.3 Å². The molecule has 1 aliphatic heterocycles. The summed E-state index contributed by atoms with van der Waals surface area (Å²) in [4.78, 5) is 29.3. The van der Waals surface area contributed by atoms with Gasteiger partial charge in [0.25, 0.3) is 5.91 Å². The predicted molar refractivity (Wildman–Crippen MR) is 199 cm³/mol. The van der Waals surface area contributed by atoms with Crippen LogP contribution in [0.25, 0.3) is 0 Å². The van der Waals surface area contributed by atoms with E-state index in [4.69, 9.17) is 14.2 Å². The number of fused-ring (bicyclic) bond motifs is 1. The molecule has 0 aliphatic carbocycles. The molecule has 5 rings (SSSR count). The molecule has 0 radical (unpaired) electrons. The zero-order valence-corrected chi connectivity index (χ0v) is 30.1. The number of benzene rings is 4. The summed E-state index contributed by atoms with van der Waals surface area (Å²) >= 11 is 0. The Morgan fingerprint density at radius 1 is 0.882 bits per heavy atom. The zero-order chi connectivity index (χ0) is 36.2. The summed E-state index contributed by atoms with van der Waals surface area (Å²) in [6.45, 7) is 8.83. The number of carbonyl (C=O) groups is 2. The fraction of sp³-hybridized carbons (Fsp3) is 0.381. The monoisotopic (exact) mass is 695 g/mol. The summed E-state index contributed by atoms with van der Waals surface area (Å²) in [5.74, 6) is -0.0666. The van der Waals surface area contributed by atoms with E-state index in [0.29, 0.717) is 41.5 Å². The van der Waals surface area contributed by atoms with Crippen LogP contribution >= 0.6 is 0 Å². The van der Waals surface area contributed by atoms with Crippen molar-refractivity contribution in [2.45, 2.75) is 65.2 Å². The minimum Gasteiger partial charge on any atom is -0.492 e. The molecule has 9 heteroatoms. The molecule has 8 nitrogen and oxygen atoms in total. The number of nitrogens with one attached hydrogen (secondary N) is 2. The van der Waals surface area contributed by atoms with Crippen molar-refractivity contribution in [3.05, 3.63) is 125 Å². The molecule has 0 aromatic heterocycles. The number of rotatable bonds is 16. The molecule has 0 spiro atoms. The van der Waals surface area contributed by atoms with Crippen molar-refractivity contribution in [3.8, 4) is 11.5 Å². The van der Waals surface area contributed by atoms with E-state index in [1.165, 1.54) is 11.6 Å². The Labute approximate surface area is 301 Å². The summed E-state index contributed by atoms with van der Waals surface area (Å²) < 4.78 is 33.1. The highest BCUT2D eigenvalue weighted by atomic mass is 19.1. The van der Waals surface area contributed by atoms with E-state index in [1.807, 2.05) is 48.5 Å². The first-order chi connectivity index (χ1) is 24.6. The summed E-state index contributed by atoms with van der Waals surface area (Å²) in [5, 5.41) is 6.27. The van der Waals surface area contributed by atoms with Crippen molar-refractivity contribution < 1.29 is 28.2 Å². The number of methoxy groups -OCH3 is 1. The molecule has 0 saturated carbocycles. The second-order valence-electron chi connectivity index (χ2n) is 14.0. The molecule has 2 amide bonds. The van der Waals surface area contributed by atoms with E-state index < -0.39 is 23.9 Å². The standard InChI is InChI=1S/C42H50FN3O5/c1-42(2,3)29-46-35-22-11-9-19-32(35)39(51-37(41(46)48)27-38(47)45-28-31-18-8-10-21-34(31)43)33-20-12-23-36(40(33)49-4)50-26-14-25-44-24-13-17-30-15-6-5-7-16-30/h5-12,15-16,18-23,37,39,44H,13-14,17,24-29H2,1-4H3,(H,45,47)/t37-,39+/m1/s1. The van der Waals surface area contributed by atoms with Gasteiger partial charge in [0, 0.05) is 35.5 Å². The first kappa shape index (κ1) is 37.5. The van der Waals surface area contributed by atoms with Gasteiger partial charge in [0.15, 0.2) is 11.5 Å². The van der Waals surface area contributed by atoms with Crippen molar-refractivity contribution in [1.82, 2.24) is 10.6 Å². The molecule has 1 aliphatic rings. The number of halogens is 1. The average Bonchev–Trinajstić information content (AvgIpc) is 3.22. The van der Waals surface area contributed by atoms with Gasteiger partial charge in [0.2, 0.25) is 5.91 Å². The van der Waals surface area contributed by atoms with Gasteiger partial charge in [-0.3, -0.25) is 9.59 Å². The number of hydrogen-bond donors (Lipinski definition) is 2. The SMILES string of the molecule is COc1c(OCCCNCCCc2ccccc2)cccc1[C@H]1O[C@H](CC(=O)NCc2ccccc2F)C(=O)N(CC(C)(C)C)c2ccccc21. The topological polar surface area (TPSA) is 89.1 Å². The van der Waals surface area contributed by atoms with E-state index in [9.17, 15) is 14.0 Å². The van der Waals surface area contributed by atoms with Gasteiger partial charge < -0.3 is 29.7 Å². The largest absolute Gasteiger partial charge is 0.492 e. The number of ether oxygens (including phenoxy) is 3. The molecule has 0 bridgehead atoms. The number of aryl methyl sites for hydroxylation is 1. The zero-order valence-electron chi connectivity index (χ0n) is 30.1. The van der Waals surface area contributed by atoms with E-state index in [-0.39, 0.29) is 24.3 Å². The Kier molecular flexibility index (Phi) is 13.2. The fourth-order valence-corrected chi connectivity index (χ4v) is 6.27. The summed E-state index contributed by atoms with van der Waals surface area (Å²) in [6.07, 6.45) is 0.807. The molecular weight excluding hydrogens is 645 g/mol. The predicted octanol–water partition coefficient (Wildman–Crippen LogP) is 7.40. The number of carbonyl (C=O) groups excluding carboxylic acids is 2. The highest BCUT2D eigenvalue weighted by Crippen LogP contribution is 2.45. The van der Waals surface area contributed by atoms with Gasteiger partial charge in [0.1, 0.15) is 18.0 Å². The van der Waals surface area contributed by atoms with Gasteiger partial charge in [-0.1, -0.05) is 99.6 Å². The molecular formula is C42H50FN3O5. The van der Waals surface area contributed by atoms with Crippen LogP contribution in [0.1, 0.15) is 68.4 Å². The Hall–Kier alpha value is -4.73. The summed E-state index contributed by atoms with van der Waals surface area (Å²) in [5.41, 5.74) is 3.63. The molecule has 0 unspecified atom stereocenters. The van der Waals surface area contributed by atoms with Crippen LogP contribution in [0.15, 0.2) is 97.1 Å². The second kappa shape index (κ2) is 18.0. The smallest absolute Gasteiger partial charge is 0.256 e. The molecule has 0 saturated heterocycles. The van der Waals surface area contributed by atoms with Gasteiger partial charge in [-0.2, -0.15) is 0 Å². The maximum Gasteiger partial charge on any atom is 0.256 e. The van der Waals surface area contributed by atoms with Crippen molar-refractivity contribution in [1.29, 1.82) is 0 Å². The maximum absolute atomic E-state index is 14.3. The van der Waals surface area contributed by atoms with Crippen LogP contribution in [0.4, 0.5) is 10.1 Å². The number of nitrogens with zero attached hydrogens (tertiary/aromatic N) is 1. The van der Waals surface area contributed by atoms with Crippen molar-refractivity contribution in [3.63, 3.8) is 0 Å². The first-order valence-electron chi connectivity index (χ1n) is 17.7. The van der Waals surface area contributed by atoms with E-state index >= 15 is 0 Å². The van der Waals surface area contributed by atoms with Gasteiger partial charge in [0.05, 0.1) is 20.1 Å². The third-order valence-corrected chi connectivity index (χ3v) is 8.70. The van der Waals surface area contributed by atoms with Crippen LogP contribution in [0.3, 0.4) is 0 Å². The number of para-hydroxylation sites is 2. The molecule has 0 fully saturated rings. The minimum absolute atomic E-state index is 0.00179. The molecule has 270 valence electrons. The highest BCUT2D eigenvalue weighted by molar-refractivity contribution is 6.00. The lowest BCUT2D eigenvalue weighted by Crippen LogP contribution is -2.45. The Bertz CT molecular complexity index is 1740. The average molecular weight is 696 g/mol. The lowest BCUT2D eigenvalue weighted by atomic mass is 9.94. The van der Waals surface area contributed by atoms with Crippen LogP contribution in [0.5, 0.6) is 11.5 Å². The molecule has 51 heavy (non-hydrogen) atoms.